The molecule has 0 saturated heterocycles. The molecule has 0 fully saturated rings. The Kier molecular flexibility index (Phi) is 31.3. The molecule has 4 heterocycles. The normalized spacial score (nSPS) is 16.2. The van der Waals surface area contributed by atoms with Crippen LogP contribution in [0.4, 0.5) is 90.2 Å². The summed E-state index contributed by atoms with van der Waals surface area (Å²) in [6.45, 7) is 16.8. The molecule has 2 unspecified atom stereocenters. The maximum absolute atomic E-state index is 13.9. The Balaban J connectivity index is 0.000000153. The van der Waals surface area contributed by atoms with Crippen LogP contribution in [0.1, 0.15) is 159 Å². The van der Waals surface area contributed by atoms with E-state index >= 15 is 0 Å². The standard InChI is InChI=1S/C29H28F3N3O.C28H29F2N3O2.2C26H27N3O3/c1-4-21-8-11-24(12-9-21)34-27-16-19(2)35(20(3)36)28-13-10-23(18-26(27)28)22-6-5-7-25(17-22)33-15-14-29(30,31)32;1-17-13-26(32-24-10-6-8-22(16-24)28(4,29)30)25-15-21(11-12-27(25)33(17)19(3)35)20-7-5-9-23(14-20)31-18(2)34;1-17(30)27-21-7-4-6-19(14-21)20-10-11-26-24(15-20)25(12-13-29(26)18(2)31)28-22-8-5-9-23(16-22)32-3;1-17(30)27-22-6-4-5-19(15-22)20-7-12-26-24(16-20)25(13-14-29(26)18(2)31)28-21-8-10-23(32-3)11-9-21/h1,5-13,17-19,27,33-34H,14-16H2,2-3H3;5-12,14-17,26,32H,13H2,1-4H3,(H,31,34);4-11,14-16,25,28H,12-13H2,1-3H3,(H,27,30);4-12,15-16,25,28H,13-14H2,1-3H3,(H,27,30)/t19-,27+;17-,26+;;/m00../s1. The number of alkyl halides is 5. The summed E-state index contributed by atoms with van der Waals surface area (Å²) in [7, 11) is 3.31. The summed E-state index contributed by atoms with van der Waals surface area (Å²) < 4.78 is 76.0. The number of methoxy groups -OCH3 is 2. The fourth-order valence-electron chi connectivity index (χ4n) is 17.7. The molecule has 0 aromatic heterocycles. The van der Waals surface area contributed by atoms with E-state index in [1.807, 2.05) is 247 Å². The third-order valence-electron chi connectivity index (χ3n) is 23.9. The maximum atomic E-state index is 13.9. The lowest BCUT2D eigenvalue weighted by Crippen LogP contribution is -2.43. The molecule has 12 aromatic rings. The Morgan fingerprint density at radius 2 is 0.711 bits per heavy atom. The van der Waals surface area contributed by atoms with Crippen molar-refractivity contribution in [3.05, 3.63) is 300 Å². The van der Waals surface area contributed by atoms with E-state index in [9.17, 15) is 55.5 Å². The van der Waals surface area contributed by atoms with Gasteiger partial charge in [0.2, 0.25) is 41.4 Å². The van der Waals surface area contributed by atoms with Crippen molar-refractivity contribution < 1.29 is 65.0 Å². The molecule has 6 atom stereocenters. The zero-order valence-corrected chi connectivity index (χ0v) is 77.5. The first kappa shape index (κ1) is 97.3. The molecule has 4 aliphatic heterocycles. The van der Waals surface area contributed by atoms with Crippen LogP contribution in [-0.2, 0) is 39.5 Å². The van der Waals surface area contributed by atoms with E-state index in [-0.39, 0.29) is 89.7 Å². The van der Waals surface area contributed by atoms with E-state index in [0.29, 0.717) is 43.0 Å². The van der Waals surface area contributed by atoms with Gasteiger partial charge >= 0.3 is 6.18 Å². The largest absolute Gasteiger partial charge is 0.497 e. The molecule has 0 radical (unpaired) electrons. The van der Waals surface area contributed by atoms with Gasteiger partial charge in [-0.05, 0) is 276 Å². The summed E-state index contributed by atoms with van der Waals surface area (Å²) in [6, 6.07) is 84.1. The Labute approximate surface area is 784 Å². The lowest BCUT2D eigenvalue weighted by molar-refractivity contribution is -0.131. The topological polar surface area (TPSA) is 247 Å². The van der Waals surface area contributed by atoms with Crippen molar-refractivity contribution in [2.24, 2.45) is 0 Å². The van der Waals surface area contributed by atoms with Crippen molar-refractivity contribution in [3.8, 4) is 68.4 Å². The third-order valence-corrected chi connectivity index (χ3v) is 23.9. The number of terminal acetylenes is 1. The van der Waals surface area contributed by atoms with Gasteiger partial charge in [-0.2, -0.15) is 13.2 Å². The molecule has 16 rings (SSSR count). The number of rotatable bonds is 21. The van der Waals surface area contributed by atoms with E-state index < -0.39 is 18.5 Å². The first-order valence-corrected chi connectivity index (χ1v) is 44.7. The lowest BCUT2D eigenvalue weighted by atomic mass is 9.88. The number of halogens is 5. The molecular formula is C109H111F5N12O9. The second-order valence-electron chi connectivity index (χ2n) is 34.1. The number of fused-ring (bicyclic) bond motifs is 4. The first-order chi connectivity index (χ1) is 64.5. The van der Waals surface area contributed by atoms with Crippen molar-refractivity contribution in [2.45, 2.75) is 150 Å². The van der Waals surface area contributed by atoms with E-state index in [1.54, 1.807) is 65.0 Å². The molecule has 7 amide bonds. The van der Waals surface area contributed by atoms with Crippen molar-refractivity contribution in [2.75, 3.05) is 96.0 Å². The molecule has 21 nitrogen and oxygen atoms in total. The summed E-state index contributed by atoms with van der Waals surface area (Å²) in [4.78, 5) is 91.1. The summed E-state index contributed by atoms with van der Waals surface area (Å²) >= 11 is 0. The number of hydrogen-bond donors (Lipinski definition) is 8. The average molecular weight is 1830 g/mol. The van der Waals surface area contributed by atoms with E-state index in [2.05, 4.69) is 66.7 Å². The fourth-order valence-corrected chi connectivity index (χ4v) is 17.7. The predicted octanol–water partition coefficient (Wildman–Crippen LogP) is 24.2. The highest BCUT2D eigenvalue weighted by Crippen LogP contribution is 2.47. The van der Waals surface area contributed by atoms with Crippen LogP contribution >= 0.6 is 0 Å². The molecule has 4 aliphatic rings. The smallest absolute Gasteiger partial charge is 0.390 e. The van der Waals surface area contributed by atoms with Crippen LogP contribution < -0.4 is 71.6 Å². The Hall–Kier alpha value is -15.3. The second-order valence-corrected chi connectivity index (χ2v) is 34.1. The molecule has 0 spiro atoms. The van der Waals surface area contributed by atoms with Crippen LogP contribution in [0.5, 0.6) is 11.5 Å². The van der Waals surface area contributed by atoms with E-state index in [0.717, 1.165) is 155 Å². The van der Waals surface area contributed by atoms with Crippen LogP contribution in [0.25, 0.3) is 44.5 Å². The van der Waals surface area contributed by atoms with Gasteiger partial charge in [0, 0.05) is 173 Å². The monoisotopic (exact) mass is 1830 g/mol. The highest BCUT2D eigenvalue weighted by atomic mass is 19.4. The van der Waals surface area contributed by atoms with Crippen molar-refractivity contribution in [1.82, 2.24) is 0 Å². The van der Waals surface area contributed by atoms with Gasteiger partial charge in [-0.3, -0.25) is 33.6 Å². The van der Waals surface area contributed by atoms with Gasteiger partial charge < -0.3 is 71.6 Å². The van der Waals surface area contributed by atoms with Crippen molar-refractivity contribution in [1.29, 1.82) is 0 Å². The molecular weight excluding hydrogens is 1720 g/mol. The Morgan fingerprint density at radius 3 is 1.10 bits per heavy atom. The average Bonchev–Trinajstić information content (AvgIpc) is 0.770. The van der Waals surface area contributed by atoms with Crippen molar-refractivity contribution >= 4 is 110 Å². The SMILES string of the molecule is C#Cc1ccc(N[C@@H]2C[C@H](C)N(C(C)=O)c3ccc(-c4cccc(NCCC(F)(F)F)c4)cc32)cc1.CC(=O)Nc1cccc(-c2ccc3c(c2)[C@H](Nc2cccc(C(C)(F)F)c2)C[C@H](C)N3C(C)=O)c1.COc1ccc(NC2CCN(C(C)=O)c3ccc(-c4cccc(NC(C)=O)c4)cc32)cc1.COc1cccc(NC2CCN(C(C)=O)c3ccc(-c4cccc(NC(C)=O)c4)cc32)c1. The minimum absolute atomic E-state index is 0.00416. The van der Waals surface area contributed by atoms with E-state index in [4.69, 9.17) is 15.9 Å². The molecule has 135 heavy (non-hydrogen) atoms. The van der Waals surface area contributed by atoms with Gasteiger partial charge in [0.05, 0.1) is 44.8 Å². The number of benzene rings is 12. The van der Waals surface area contributed by atoms with Crippen LogP contribution in [0.2, 0.25) is 0 Å². The highest BCUT2D eigenvalue weighted by molar-refractivity contribution is 5.98. The minimum Gasteiger partial charge on any atom is -0.497 e. The minimum atomic E-state index is -4.20. The van der Waals surface area contributed by atoms with Gasteiger partial charge in [0.15, 0.2) is 0 Å². The van der Waals surface area contributed by atoms with Crippen LogP contribution in [0.15, 0.2) is 267 Å². The summed E-state index contributed by atoms with van der Waals surface area (Å²) in [5.41, 5.74) is 22.3. The summed E-state index contributed by atoms with van der Waals surface area (Å²) in [5.74, 6) is 0.917. The van der Waals surface area contributed by atoms with Gasteiger partial charge in [-0.25, -0.2) is 8.78 Å². The first-order valence-electron chi connectivity index (χ1n) is 44.7. The zero-order valence-electron chi connectivity index (χ0n) is 77.5. The number of amides is 7. The maximum Gasteiger partial charge on any atom is 0.390 e. The van der Waals surface area contributed by atoms with Crippen molar-refractivity contribution in [3.63, 3.8) is 0 Å². The zero-order chi connectivity index (χ0) is 96.5. The van der Waals surface area contributed by atoms with Crippen LogP contribution in [-0.4, -0.2) is 93.5 Å². The number of carbonyl (C=O) groups excluding carboxylic acids is 7. The number of carbonyl (C=O) groups is 7. The molecule has 0 aliphatic carbocycles. The molecule has 26 heteroatoms. The molecule has 12 aromatic carbocycles. The predicted molar refractivity (Wildman–Crippen MR) is 531 cm³/mol. The Bertz CT molecular complexity index is 6380. The van der Waals surface area contributed by atoms with Gasteiger partial charge in [-0.15, -0.1) is 6.42 Å². The number of ether oxygens (including phenoxy) is 2. The summed E-state index contributed by atoms with van der Waals surface area (Å²) in [5, 5.41) is 25.6. The van der Waals surface area contributed by atoms with E-state index in [1.165, 1.54) is 32.9 Å². The highest BCUT2D eigenvalue weighted by Gasteiger charge is 2.37. The summed E-state index contributed by atoms with van der Waals surface area (Å²) in [6.07, 6.45) is 3.30. The van der Waals surface area contributed by atoms with Gasteiger partial charge in [-0.1, -0.05) is 96.9 Å². The number of anilines is 12. The molecule has 696 valence electrons. The molecule has 8 N–H and O–H groups in total. The molecule has 0 saturated carbocycles. The number of nitrogens with zero attached hydrogens (tertiary/aromatic N) is 4. The number of nitrogens with one attached hydrogen (secondary N) is 8. The lowest BCUT2D eigenvalue weighted by Gasteiger charge is -2.40. The second kappa shape index (κ2) is 43.4. The van der Waals surface area contributed by atoms with Gasteiger partial charge in [0.25, 0.3) is 5.92 Å². The quantitative estimate of drug-likeness (QED) is 0.0246. The van der Waals surface area contributed by atoms with Crippen LogP contribution in [0.3, 0.4) is 0 Å². The molecule has 0 bridgehead atoms. The third kappa shape index (κ3) is 25.1. The number of hydrogen-bond acceptors (Lipinski definition) is 14. The van der Waals surface area contributed by atoms with Crippen LogP contribution in [0, 0.1) is 12.3 Å². The van der Waals surface area contributed by atoms with Gasteiger partial charge in [0.1, 0.15) is 11.5 Å². The fraction of sp³-hybridized carbons (Fsp3) is 0.257. The Morgan fingerprint density at radius 1 is 0.370 bits per heavy atom.